The van der Waals surface area contributed by atoms with Gasteiger partial charge in [0.2, 0.25) is 5.91 Å². The van der Waals surface area contributed by atoms with Crippen molar-refractivity contribution < 1.29 is 4.79 Å². The summed E-state index contributed by atoms with van der Waals surface area (Å²) in [5.41, 5.74) is -0.0936. The number of hydrogen-bond donors (Lipinski definition) is 2. The molecular weight excluding hydrogens is 214 g/mol. The molecule has 0 aromatic heterocycles. The molecule has 1 amide bonds. The number of carbonyl (C=O) groups is 1. The van der Waals surface area contributed by atoms with Crippen LogP contribution in [0.15, 0.2) is 0 Å². The highest BCUT2D eigenvalue weighted by atomic mass is 16.2. The maximum absolute atomic E-state index is 11.6. The van der Waals surface area contributed by atoms with Crippen molar-refractivity contribution in [2.75, 3.05) is 33.7 Å². The van der Waals surface area contributed by atoms with Gasteiger partial charge in [-0.3, -0.25) is 4.79 Å². The van der Waals surface area contributed by atoms with Crippen molar-refractivity contribution >= 4 is 5.91 Å². The first kappa shape index (κ1) is 16.4. The van der Waals surface area contributed by atoms with Crippen LogP contribution in [0.2, 0.25) is 0 Å². The predicted octanol–water partition coefficient (Wildman–Crippen LogP) is 1.22. The van der Waals surface area contributed by atoms with E-state index in [-0.39, 0.29) is 11.4 Å². The number of nitrogens with one attached hydrogen (secondary N) is 2. The van der Waals surface area contributed by atoms with Crippen molar-refractivity contribution in [1.82, 2.24) is 15.5 Å². The van der Waals surface area contributed by atoms with E-state index in [9.17, 15) is 4.79 Å². The third-order valence-corrected chi connectivity index (χ3v) is 2.86. The van der Waals surface area contributed by atoms with Crippen molar-refractivity contribution in [1.29, 1.82) is 0 Å². The minimum atomic E-state index is -0.0936. The highest BCUT2D eigenvalue weighted by Gasteiger charge is 2.16. The SMILES string of the molecule is CCC(C)(C)NC(=O)CNCCCCN(C)C. The van der Waals surface area contributed by atoms with E-state index < -0.39 is 0 Å². The van der Waals surface area contributed by atoms with Crippen LogP contribution in [0.4, 0.5) is 0 Å². The molecule has 0 aliphatic heterocycles. The minimum absolute atomic E-state index is 0.0875. The first-order valence-corrected chi connectivity index (χ1v) is 6.54. The third-order valence-electron chi connectivity index (χ3n) is 2.86. The first-order valence-electron chi connectivity index (χ1n) is 6.54. The molecule has 0 aromatic carbocycles. The fourth-order valence-electron chi connectivity index (χ4n) is 1.39. The van der Waals surface area contributed by atoms with Crippen molar-refractivity contribution in [3.8, 4) is 0 Å². The summed E-state index contributed by atoms with van der Waals surface area (Å²) in [5.74, 6) is 0.0875. The molecule has 0 spiro atoms. The van der Waals surface area contributed by atoms with Gasteiger partial charge in [-0.05, 0) is 60.3 Å². The standard InChI is InChI=1S/C13H29N3O/c1-6-13(2,3)15-12(17)11-14-9-7-8-10-16(4)5/h14H,6-11H2,1-5H3,(H,15,17). The Bertz CT molecular complexity index is 215. The molecule has 0 fully saturated rings. The summed E-state index contributed by atoms with van der Waals surface area (Å²) in [6, 6.07) is 0. The van der Waals surface area contributed by atoms with E-state index >= 15 is 0 Å². The molecule has 4 nitrogen and oxygen atoms in total. The Kier molecular flexibility index (Phi) is 8.17. The molecule has 17 heavy (non-hydrogen) atoms. The maximum atomic E-state index is 11.6. The van der Waals surface area contributed by atoms with Gasteiger partial charge in [-0.1, -0.05) is 6.92 Å². The fourth-order valence-corrected chi connectivity index (χ4v) is 1.39. The quantitative estimate of drug-likeness (QED) is 0.599. The fraction of sp³-hybridized carbons (Fsp3) is 0.923. The van der Waals surface area contributed by atoms with E-state index in [1.807, 2.05) is 13.8 Å². The molecule has 0 aliphatic rings. The minimum Gasteiger partial charge on any atom is -0.350 e. The Morgan fingerprint density at radius 1 is 1.24 bits per heavy atom. The lowest BCUT2D eigenvalue weighted by Crippen LogP contribution is -2.46. The summed E-state index contributed by atoms with van der Waals surface area (Å²) in [6.07, 6.45) is 3.23. The molecular formula is C13H29N3O. The van der Waals surface area contributed by atoms with Crippen LogP contribution < -0.4 is 10.6 Å². The lowest BCUT2D eigenvalue weighted by Gasteiger charge is -2.24. The monoisotopic (exact) mass is 243 g/mol. The van der Waals surface area contributed by atoms with Gasteiger partial charge in [0.1, 0.15) is 0 Å². The number of unbranched alkanes of at least 4 members (excludes halogenated alkanes) is 1. The van der Waals surface area contributed by atoms with Gasteiger partial charge in [-0.15, -0.1) is 0 Å². The van der Waals surface area contributed by atoms with Crippen molar-refractivity contribution in [3.05, 3.63) is 0 Å². The molecule has 0 saturated heterocycles. The largest absolute Gasteiger partial charge is 0.350 e. The molecule has 0 atom stereocenters. The normalized spacial score (nSPS) is 11.9. The van der Waals surface area contributed by atoms with Gasteiger partial charge in [0.15, 0.2) is 0 Å². The highest BCUT2D eigenvalue weighted by Crippen LogP contribution is 2.05. The first-order chi connectivity index (χ1) is 7.87. The van der Waals surface area contributed by atoms with E-state index in [2.05, 4.69) is 36.6 Å². The van der Waals surface area contributed by atoms with Crippen LogP contribution in [0.3, 0.4) is 0 Å². The molecule has 102 valence electrons. The zero-order valence-electron chi connectivity index (χ0n) is 12.1. The van der Waals surface area contributed by atoms with E-state index in [0.29, 0.717) is 6.54 Å². The molecule has 0 saturated carbocycles. The Hall–Kier alpha value is -0.610. The second-order valence-corrected chi connectivity index (χ2v) is 5.47. The molecule has 2 N–H and O–H groups in total. The van der Waals surface area contributed by atoms with Crippen molar-refractivity contribution in [2.45, 2.75) is 45.6 Å². The molecule has 0 heterocycles. The predicted molar refractivity (Wildman–Crippen MR) is 73.2 cm³/mol. The summed E-state index contributed by atoms with van der Waals surface area (Å²) in [5, 5.41) is 6.18. The Morgan fingerprint density at radius 3 is 2.41 bits per heavy atom. The maximum Gasteiger partial charge on any atom is 0.234 e. The summed E-state index contributed by atoms with van der Waals surface area (Å²) in [7, 11) is 4.15. The Morgan fingerprint density at radius 2 is 1.88 bits per heavy atom. The zero-order valence-corrected chi connectivity index (χ0v) is 12.1. The van der Waals surface area contributed by atoms with Gasteiger partial charge in [-0.25, -0.2) is 0 Å². The van der Waals surface area contributed by atoms with Gasteiger partial charge < -0.3 is 15.5 Å². The molecule has 0 radical (unpaired) electrons. The van der Waals surface area contributed by atoms with Crippen LogP contribution in [-0.4, -0.2) is 50.1 Å². The number of rotatable bonds is 9. The second-order valence-electron chi connectivity index (χ2n) is 5.47. The lowest BCUT2D eigenvalue weighted by atomic mass is 10.0. The van der Waals surface area contributed by atoms with Crippen LogP contribution in [0.1, 0.15) is 40.0 Å². The van der Waals surface area contributed by atoms with E-state index in [4.69, 9.17) is 0 Å². The number of nitrogens with zero attached hydrogens (tertiary/aromatic N) is 1. The van der Waals surface area contributed by atoms with Crippen LogP contribution in [0, 0.1) is 0 Å². The smallest absolute Gasteiger partial charge is 0.234 e. The highest BCUT2D eigenvalue weighted by molar-refractivity contribution is 5.78. The van der Waals surface area contributed by atoms with Gasteiger partial charge in [0.05, 0.1) is 6.54 Å². The number of hydrogen-bond acceptors (Lipinski definition) is 3. The summed E-state index contributed by atoms with van der Waals surface area (Å²) in [4.78, 5) is 13.8. The summed E-state index contributed by atoms with van der Waals surface area (Å²) < 4.78 is 0. The van der Waals surface area contributed by atoms with Gasteiger partial charge in [0, 0.05) is 5.54 Å². The summed E-state index contributed by atoms with van der Waals surface area (Å²) >= 11 is 0. The van der Waals surface area contributed by atoms with Gasteiger partial charge in [0.25, 0.3) is 0 Å². The molecule has 4 heteroatoms. The summed E-state index contributed by atoms with van der Waals surface area (Å²) in [6.45, 7) is 8.61. The van der Waals surface area contributed by atoms with Crippen LogP contribution in [0.5, 0.6) is 0 Å². The lowest BCUT2D eigenvalue weighted by molar-refractivity contribution is -0.121. The van der Waals surface area contributed by atoms with Gasteiger partial charge in [-0.2, -0.15) is 0 Å². The number of amides is 1. The van der Waals surface area contributed by atoms with Crippen molar-refractivity contribution in [2.24, 2.45) is 0 Å². The van der Waals surface area contributed by atoms with Crippen molar-refractivity contribution in [3.63, 3.8) is 0 Å². The van der Waals surface area contributed by atoms with E-state index in [1.165, 1.54) is 6.42 Å². The molecule has 0 aromatic rings. The van der Waals surface area contributed by atoms with Crippen LogP contribution in [0.25, 0.3) is 0 Å². The Labute approximate surface area is 106 Å². The molecule has 0 rings (SSSR count). The Balaban J connectivity index is 3.46. The third kappa shape index (κ3) is 10.3. The average Bonchev–Trinajstić information content (AvgIpc) is 2.22. The van der Waals surface area contributed by atoms with Gasteiger partial charge >= 0.3 is 0 Å². The molecule has 0 bridgehead atoms. The zero-order chi connectivity index (χ0) is 13.3. The average molecular weight is 243 g/mol. The van der Waals surface area contributed by atoms with E-state index in [1.54, 1.807) is 0 Å². The molecule has 0 unspecified atom stereocenters. The van der Waals surface area contributed by atoms with E-state index in [0.717, 1.165) is 25.9 Å². The number of carbonyl (C=O) groups excluding carboxylic acids is 1. The van der Waals surface area contributed by atoms with Crippen LogP contribution in [-0.2, 0) is 4.79 Å². The van der Waals surface area contributed by atoms with Crippen LogP contribution >= 0.6 is 0 Å². The second kappa shape index (κ2) is 8.48. The topological polar surface area (TPSA) is 44.4 Å². The molecule has 0 aliphatic carbocycles.